The minimum atomic E-state index is -1.31. The molecule has 0 aliphatic carbocycles. The lowest BCUT2D eigenvalue weighted by Gasteiger charge is -2.26. The van der Waals surface area contributed by atoms with Gasteiger partial charge in [0.05, 0.1) is 12.5 Å². The molecule has 12 nitrogen and oxygen atoms in total. The molecule has 9 N–H and O–H groups in total. The number of nitrogens with two attached hydrogens (primary N) is 2. The van der Waals surface area contributed by atoms with Crippen molar-refractivity contribution in [3.8, 4) is 5.75 Å². The smallest absolute Gasteiger partial charge is 0.326 e. The first-order valence-electron chi connectivity index (χ1n) is 12.8. The Morgan fingerprint density at radius 2 is 1.25 bits per heavy atom. The van der Waals surface area contributed by atoms with Crippen molar-refractivity contribution in [2.45, 2.75) is 63.7 Å². The van der Waals surface area contributed by atoms with Gasteiger partial charge in [-0.2, -0.15) is 0 Å². The van der Waals surface area contributed by atoms with Gasteiger partial charge in [-0.3, -0.25) is 19.2 Å². The Balaban J connectivity index is 2.25. The first-order valence-corrected chi connectivity index (χ1v) is 12.8. The van der Waals surface area contributed by atoms with E-state index in [0.717, 1.165) is 0 Å². The average Bonchev–Trinajstić information content (AvgIpc) is 2.88. The van der Waals surface area contributed by atoms with Crippen molar-refractivity contribution in [1.82, 2.24) is 16.0 Å². The molecule has 2 aromatic carbocycles. The van der Waals surface area contributed by atoms with E-state index in [0.29, 0.717) is 11.1 Å². The minimum Gasteiger partial charge on any atom is -0.508 e. The number of primary amides is 1. The number of carboxylic acid groups (broad SMARTS) is 1. The van der Waals surface area contributed by atoms with Gasteiger partial charge in [0.25, 0.3) is 0 Å². The Labute approximate surface area is 232 Å². The van der Waals surface area contributed by atoms with Gasteiger partial charge in [0, 0.05) is 12.8 Å². The molecule has 0 aliphatic rings. The second-order valence-corrected chi connectivity index (χ2v) is 9.99. The molecule has 0 spiro atoms. The predicted octanol–water partition coefficient (Wildman–Crippen LogP) is -0.0348. The lowest BCUT2D eigenvalue weighted by Crippen LogP contribution is -2.58. The fourth-order valence-electron chi connectivity index (χ4n) is 3.96. The van der Waals surface area contributed by atoms with E-state index < -0.39 is 60.2 Å². The second-order valence-electron chi connectivity index (χ2n) is 9.99. The van der Waals surface area contributed by atoms with Crippen LogP contribution in [0.5, 0.6) is 5.75 Å². The summed E-state index contributed by atoms with van der Waals surface area (Å²) in [7, 11) is 0. The lowest BCUT2D eigenvalue weighted by atomic mass is 10.00. The van der Waals surface area contributed by atoms with Crippen molar-refractivity contribution < 1.29 is 34.2 Å². The van der Waals surface area contributed by atoms with Gasteiger partial charge < -0.3 is 37.6 Å². The van der Waals surface area contributed by atoms with Crippen LogP contribution in [-0.2, 0) is 36.8 Å². The van der Waals surface area contributed by atoms with Crippen LogP contribution in [0.1, 0.15) is 37.8 Å². The van der Waals surface area contributed by atoms with Crippen LogP contribution in [0.4, 0.5) is 0 Å². The number of phenols is 1. The van der Waals surface area contributed by atoms with Crippen LogP contribution in [0, 0.1) is 5.92 Å². The van der Waals surface area contributed by atoms with E-state index >= 15 is 0 Å². The number of carbonyl (C=O) groups is 5. The van der Waals surface area contributed by atoms with Crippen molar-refractivity contribution >= 4 is 29.6 Å². The number of aliphatic carboxylic acids is 1. The number of carbonyl (C=O) groups excluding carboxylic acids is 4. The maximum Gasteiger partial charge on any atom is 0.326 e. The predicted molar refractivity (Wildman–Crippen MR) is 147 cm³/mol. The normalized spacial score (nSPS) is 13.9. The van der Waals surface area contributed by atoms with E-state index in [1.165, 1.54) is 12.1 Å². The fraction of sp³-hybridized carbons (Fsp3) is 0.393. The Hall–Kier alpha value is -4.45. The molecule has 0 bridgehead atoms. The largest absolute Gasteiger partial charge is 0.508 e. The Bertz CT molecular complexity index is 1170. The maximum absolute atomic E-state index is 13.4. The summed E-state index contributed by atoms with van der Waals surface area (Å²) in [5, 5.41) is 26.9. The van der Waals surface area contributed by atoms with Gasteiger partial charge in [-0.25, -0.2) is 4.79 Å². The van der Waals surface area contributed by atoms with Crippen LogP contribution in [0.3, 0.4) is 0 Å². The first kappa shape index (κ1) is 31.8. The number of rotatable bonds is 15. The summed E-state index contributed by atoms with van der Waals surface area (Å²) in [6, 6.07) is 9.92. The number of carboxylic acids is 1. The van der Waals surface area contributed by atoms with E-state index in [1.807, 2.05) is 13.8 Å². The van der Waals surface area contributed by atoms with Crippen LogP contribution in [0.25, 0.3) is 0 Å². The maximum atomic E-state index is 13.4. The lowest BCUT2D eigenvalue weighted by molar-refractivity contribution is -0.142. The highest BCUT2D eigenvalue weighted by Crippen LogP contribution is 2.13. The van der Waals surface area contributed by atoms with Crippen LogP contribution in [0.2, 0.25) is 0 Å². The van der Waals surface area contributed by atoms with Gasteiger partial charge in [0.1, 0.15) is 23.9 Å². The highest BCUT2D eigenvalue weighted by atomic mass is 16.4. The summed E-state index contributed by atoms with van der Waals surface area (Å²) >= 11 is 0. The zero-order valence-corrected chi connectivity index (χ0v) is 22.5. The van der Waals surface area contributed by atoms with E-state index in [2.05, 4.69) is 16.0 Å². The number of amides is 4. The van der Waals surface area contributed by atoms with E-state index in [4.69, 9.17) is 11.5 Å². The minimum absolute atomic E-state index is 0.0175. The number of benzene rings is 2. The van der Waals surface area contributed by atoms with Gasteiger partial charge in [0.15, 0.2) is 0 Å². The second kappa shape index (κ2) is 15.2. The SMILES string of the molecule is CC(C)CC(NC(=O)C(N)CC(N)=O)C(=O)NC(Cc1ccccc1)C(=O)NC(Cc1ccc(O)cc1)C(=O)O. The Morgan fingerprint density at radius 3 is 1.80 bits per heavy atom. The molecule has 0 saturated carbocycles. The van der Waals surface area contributed by atoms with Gasteiger partial charge in [-0.05, 0) is 35.6 Å². The van der Waals surface area contributed by atoms with Gasteiger partial charge >= 0.3 is 5.97 Å². The topological polar surface area (TPSA) is 214 Å². The molecule has 0 fully saturated rings. The molecule has 0 aromatic heterocycles. The van der Waals surface area contributed by atoms with Crippen molar-refractivity contribution in [2.24, 2.45) is 17.4 Å². The van der Waals surface area contributed by atoms with E-state index in [9.17, 15) is 34.2 Å². The van der Waals surface area contributed by atoms with Gasteiger partial charge in [-0.1, -0.05) is 56.3 Å². The average molecular weight is 556 g/mol. The summed E-state index contributed by atoms with van der Waals surface area (Å²) in [6.45, 7) is 3.68. The zero-order valence-electron chi connectivity index (χ0n) is 22.5. The van der Waals surface area contributed by atoms with Gasteiger partial charge in [0.2, 0.25) is 23.6 Å². The number of nitrogens with one attached hydrogen (secondary N) is 3. The van der Waals surface area contributed by atoms with Crippen molar-refractivity contribution in [3.63, 3.8) is 0 Å². The molecular formula is C28H37N5O7. The third-order valence-corrected chi connectivity index (χ3v) is 6.00. The summed E-state index contributed by atoms with van der Waals surface area (Å²) in [4.78, 5) is 62.3. The third kappa shape index (κ3) is 10.7. The Kier molecular flexibility index (Phi) is 12.1. The van der Waals surface area contributed by atoms with Crippen molar-refractivity contribution in [3.05, 3.63) is 65.7 Å². The quantitative estimate of drug-likeness (QED) is 0.158. The van der Waals surface area contributed by atoms with Crippen LogP contribution in [-0.4, -0.2) is 64.0 Å². The summed E-state index contributed by atoms with van der Waals surface area (Å²) in [5.41, 5.74) is 12.1. The third-order valence-electron chi connectivity index (χ3n) is 6.00. The number of phenolic OH excluding ortho intramolecular Hbond substituents is 1. The number of hydrogen-bond donors (Lipinski definition) is 7. The molecule has 4 unspecified atom stereocenters. The van der Waals surface area contributed by atoms with Gasteiger partial charge in [-0.15, -0.1) is 0 Å². The highest BCUT2D eigenvalue weighted by molar-refractivity contribution is 5.95. The van der Waals surface area contributed by atoms with E-state index in [-0.39, 0.29) is 30.9 Å². The molecular weight excluding hydrogens is 518 g/mol. The van der Waals surface area contributed by atoms with Crippen LogP contribution >= 0.6 is 0 Å². The molecule has 12 heteroatoms. The standard InChI is InChI=1S/C28H37N5O7/c1-16(2)12-21(31-25(36)20(29)15-24(30)35)26(37)32-22(13-17-6-4-3-5-7-17)27(38)33-23(28(39)40)14-18-8-10-19(34)11-9-18/h3-11,16,20-23,34H,12-15,29H2,1-2H3,(H2,30,35)(H,31,36)(H,32,37)(H,33,38)(H,39,40). The van der Waals surface area contributed by atoms with Crippen LogP contribution in [0.15, 0.2) is 54.6 Å². The Morgan fingerprint density at radius 1 is 0.750 bits per heavy atom. The molecule has 0 saturated heterocycles. The van der Waals surface area contributed by atoms with Crippen molar-refractivity contribution in [2.75, 3.05) is 0 Å². The fourth-order valence-corrected chi connectivity index (χ4v) is 3.96. The summed E-state index contributed by atoms with van der Waals surface area (Å²) in [6.07, 6.45) is -0.206. The molecule has 216 valence electrons. The highest BCUT2D eigenvalue weighted by Gasteiger charge is 2.31. The molecule has 4 amide bonds. The summed E-state index contributed by atoms with van der Waals surface area (Å²) in [5.74, 6) is -4.22. The zero-order chi connectivity index (χ0) is 29.8. The number of hydrogen-bond acceptors (Lipinski definition) is 7. The first-order chi connectivity index (χ1) is 18.8. The van der Waals surface area contributed by atoms with E-state index in [1.54, 1.807) is 42.5 Å². The van der Waals surface area contributed by atoms with Crippen molar-refractivity contribution in [1.29, 1.82) is 0 Å². The molecule has 0 radical (unpaired) electrons. The molecule has 2 rings (SSSR count). The monoisotopic (exact) mass is 555 g/mol. The molecule has 0 heterocycles. The van der Waals surface area contributed by atoms with Crippen LogP contribution < -0.4 is 27.4 Å². The molecule has 40 heavy (non-hydrogen) atoms. The molecule has 0 aliphatic heterocycles. The molecule has 4 atom stereocenters. The summed E-state index contributed by atoms with van der Waals surface area (Å²) < 4.78 is 0. The molecule has 2 aromatic rings. The number of aromatic hydroxyl groups is 1.